The molecule has 0 N–H and O–H groups in total. The van der Waals surface area contributed by atoms with Crippen molar-refractivity contribution in [2.45, 2.75) is 39.5 Å². The number of aryl methyl sites for hydroxylation is 1. The maximum atomic E-state index is 13.2. The highest BCUT2D eigenvalue weighted by Gasteiger charge is 2.24. The van der Waals surface area contributed by atoms with Crippen LogP contribution in [0.1, 0.15) is 59.4 Å². The van der Waals surface area contributed by atoms with E-state index in [0.29, 0.717) is 17.7 Å². The van der Waals surface area contributed by atoms with Gasteiger partial charge in [-0.05, 0) is 55.5 Å². The maximum Gasteiger partial charge on any atom is 0.258 e. The summed E-state index contributed by atoms with van der Waals surface area (Å²) in [5, 5.41) is 0. The van der Waals surface area contributed by atoms with Crippen LogP contribution in [0.3, 0.4) is 0 Å². The van der Waals surface area contributed by atoms with Crippen molar-refractivity contribution in [1.29, 1.82) is 0 Å². The van der Waals surface area contributed by atoms with Gasteiger partial charge in [-0.1, -0.05) is 38.1 Å². The lowest BCUT2D eigenvalue weighted by Gasteiger charge is -2.29. The molecule has 0 radical (unpaired) electrons. The Morgan fingerprint density at radius 2 is 1.67 bits per heavy atom. The number of anilines is 1. The molecule has 2 aromatic carbocycles. The zero-order chi connectivity index (χ0) is 19.2. The molecule has 0 spiro atoms. The molecule has 0 aromatic heterocycles. The van der Waals surface area contributed by atoms with Gasteiger partial charge in [0, 0.05) is 36.4 Å². The molecule has 0 saturated carbocycles. The fourth-order valence-corrected chi connectivity index (χ4v) is 3.72. The molecule has 0 atom stereocenters. The molecule has 4 nitrogen and oxygen atoms in total. The monoisotopic (exact) mass is 364 g/mol. The molecule has 0 saturated heterocycles. The normalized spacial score (nSPS) is 13.2. The molecule has 2 amide bonds. The molecule has 142 valence electrons. The molecule has 0 bridgehead atoms. The van der Waals surface area contributed by atoms with Crippen molar-refractivity contribution in [2.75, 3.05) is 24.5 Å². The molecule has 0 aliphatic carbocycles. The minimum atomic E-state index is -0.0330. The second kappa shape index (κ2) is 8.85. The Hall–Kier alpha value is -2.62. The molecule has 0 unspecified atom stereocenters. The predicted octanol–water partition coefficient (Wildman–Crippen LogP) is 4.54. The van der Waals surface area contributed by atoms with Crippen LogP contribution in [-0.2, 0) is 6.42 Å². The van der Waals surface area contributed by atoms with Crippen LogP contribution >= 0.6 is 0 Å². The number of benzene rings is 2. The Morgan fingerprint density at radius 1 is 0.963 bits per heavy atom. The minimum Gasteiger partial charge on any atom is -0.339 e. The van der Waals surface area contributed by atoms with Crippen LogP contribution in [0.4, 0.5) is 5.69 Å². The fourth-order valence-electron chi connectivity index (χ4n) is 3.72. The lowest BCUT2D eigenvalue weighted by Crippen LogP contribution is -2.36. The first-order valence-corrected chi connectivity index (χ1v) is 9.94. The van der Waals surface area contributed by atoms with Crippen molar-refractivity contribution in [1.82, 2.24) is 4.90 Å². The summed E-state index contributed by atoms with van der Waals surface area (Å²) in [7, 11) is 0. The number of fused-ring (bicyclic) bond motifs is 1. The third-order valence-electron chi connectivity index (χ3n) is 4.99. The lowest BCUT2D eigenvalue weighted by atomic mass is 10.0. The number of carbonyl (C=O) groups excluding carboxylic acids is 2. The SMILES string of the molecule is CCCN(CCC)C(=O)c1cccc(C(=O)N2CCCc3ccccc32)c1. The van der Waals surface area contributed by atoms with Gasteiger partial charge in [0.2, 0.25) is 0 Å². The Labute approximate surface area is 161 Å². The molecular formula is C23H28N2O2. The second-order valence-corrected chi connectivity index (χ2v) is 7.06. The predicted molar refractivity (Wildman–Crippen MR) is 109 cm³/mol. The summed E-state index contributed by atoms with van der Waals surface area (Å²) in [5.41, 5.74) is 3.36. The quantitative estimate of drug-likeness (QED) is 0.755. The van der Waals surface area contributed by atoms with Gasteiger partial charge >= 0.3 is 0 Å². The number of hydrogen-bond donors (Lipinski definition) is 0. The number of nitrogens with zero attached hydrogens (tertiary/aromatic N) is 2. The van der Waals surface area contributed by atoms with Crippen molar-refractivity contribution in [2.24, 2.45) is 0 Å². The van der Waals surface area contributed by atoms with E-state index in [9.17, 15) is 9.59 Å². The maximum absolute atomic E-state index is 13.2. The van der Waals surface area contributed by atoms with Gasteiger partial charge in [0.25, 0.3) is 11.8 Å². The highest BCUT2D eigenvalue weighted by atomic mass is 16.2. The molecule has 1 aliphatic rings. The molecule has 1 heterocycles. The van der Waals surface area contributed by atoms with Crippen LogP contribution in [0.25, 0.3) is 0 Å². The summed E-state index contributed by atoms with van der Waals surface area (Å²) in [4.78, 5) is 29.8. The van der Waals surface area contributed by atoms with E-state index >= 15 is 0 Å². The van der Waals surface area contributed by atoms with E-state index in [2.05, 4.69) is 19.9 Å². The zero-order valence-corrected chi connectivity index (χ0v) is 16.3. The van der Waals surface area contributed by atoms with E-state index in [-0.39, 0.29) is 11.8 Å². The van der Waals surface area contributed by atoms with Crippen LogP contribution in [-0.4, -0.2) is 36.3 Å². The molecule has 4 heteroatoms. The molecular weight excluding hydrogens is 336 g/mol. The molecule has 2 aromatic rings. The van der Waals surface area contributed by atoms with Gasteiger partial charge in [0.05, 0.1) is 0 Å². The van der Waals surface area contributed by atoms with Crippen LogP contribution in [0.2, 0.25) is 0 Å². The van der Waals surface area contributed by atoms with Gasteiger partial charge in [0.15, 0.2) is 0 Å². The standard InChI is InChI=1S/C23H28N2O2/c1-3-14-24(15-4-2)22(26)19-10-7-11-20(17-19)23(27)25-16-8-12-18-9-5-6-13-21(18)25/h5-7,9-11,13,17H,3-4,8,12,14-16H2,1-2H3. The van der Waals surface area contributed by atoms with Gasteiger partial charge in [-0.2, -0.15) is 0 Å². The summed E-state index contributed by atoms with van der Waals surface area (Å²) < 4.78 is 0. The fraction of sp³-hybridized carbons (Fsp3) is 0.391. The van der Waals surface area contributed by atoms with Gasteiger partial charge < -0.3 is 9.80 Å². The van der Waals surface area contributed by atoms with Crippen molar-refractivity contribution >= 4 is 17.5 Å². The van der Waals surface area contributed by atoms with E-state index in [0.717, 1.165) is 44.5 Å². The van der Waals surface area contributed by atoms with Crippen molar-refractivity contribution in [3.63, 3.8) is 0 Å². The highest BCUT2D eigenvalue weighted by Crippen LogP contribution is 2.28. The van der Waals surface area contributed by atoms with E-state index in [1.807, 2.05) is 40.1 Å². The zero-order valence-electron chi connectivity index (χ0n) is 16.3. The van der Waals surface area contributed by atoms with Crippen molar-refractivity contribution in [3.8, 4) is 0 Å². The number of para-hydroxylation sites is 1. The number of amides is 2. The number of carbonyl (C=O) groups is 2. The van der Waals surface area contributed by atoms with Crippen LogP contribution in [0.5, 0.6) is 0 Å². The first-order chi connectivity index (χ1) is 13.2. The van der Waals surface area contributed by atoms with Crippen molar-refractivity contribution in [3.05, 3.63) is 65.2 Å². The molecule has 1 aliphatic heterocycles. The van der Waals surface area contributed by atoms with Crippen molar-refractivity contribution < 1.29 is 9.59 Å². The Kier molecular flexibility index (Phi) is 6.28. The summed E-state index contributed by atoms with van der Waals surface area (Å²) in [6, 6.07) is 15.3. The topological polar surface area (TPSA) is 40.6 Å². The highest BCUT2D eigenvalue weighted by molar-refractivity contribution is 6.08. The van der Waals surface area contributed by atoms with Gasteiger partial charge in [0.1, 0.15) is 0 Å². The smallest absolute Gasteiger partial charge is 0.258 e. The Bertz CT molecular complexity index is 810. The molecule has 27 heavy (non-hydrogen) atoms. The second-order valence-electron chi connectivity index (χ2n) is 7.06. The van der Waals surface area contributed by atoms with Gasteiger partial charge in [-0.25, -0.2) is 0 Å². The van der Waals surface area contributed by atoms with E-state index in [4.69, 9.17) is 0 Å². The van der Waals surface area contributed by atoms with Gasteiger partial charge in [-0.3, -0.25) is 9.59 Å². The van der Waals surface area contributed by atoms with E-state index in [1.165, 1.54) is 5.56 Å². The number of rotatable bonds is 6. The van der Waals surface area contributed by atoms with E-state index < -0.39 is 0 Å². The van der Waals surface area contributed by atoms with Crippen LogP contribution < -0.4 is 4.90 Å². The summed E-state index contributed by atoms with van der Waals surface area (Å²) >= 11 is 0. The van der Waals surface area contributed by atoms with Gasteiger partial charge in [-0.15, -0.1) is 0 Å². The van der Waals surface area contributed by atoms with Crippen LogP contribution in [0.15, 0.2) is 48.5 Å². The van der Waals surface area contributed by atoms with E-state index in [1.54, 1.807) is 12.1 Å². The first-order valence-electron chi connectivity index (χ1n) is 9.94. The summed E-state index contributed by atoms with van der Waals surface area (Å²) in [6.45, 7) is 6.34. The minimum absolute atomic E-state index is 0.00685. The summed E-state index contributed by atoms with van der Waals surface area (Å²) in [5.74, 6) is -0.0262. The molecule has 0 fully saturated rings. The number of hydrogen-bond acceptors (Lipinski definition) is 2. The third kappa shape index (κ3) is 4.21. The Morgan fingerprint density at radius 3 is 2.41 bits per heavy atom. The Balaban J connectivity index is 1.85. The lowest BCUT2D eigenvalue weighted by molar-refractivity contribution is 0.0755. The molecule has 3 rings (SSSR count). The largest absolute Gasteiger partial charge is 0.339 e. The average Bonchev–Trinajstić information content (AvgIpc) is 2.72. The van der Waals surface area contributed by atoms with Crippen LogP contribution in [0, 0.1) is 0 Å². The first kappa shape index (κ1) is 19.2. The average molecular weight is 364 g/mol. The third-order valence-corrected chi connectivity index (χ3v) is 4.99. The summed E-state index contributed by atoms with van der Waals surface area (Å²) in [6.07, 6.45) is 3.81.